The van der Waals surface area contributed by atoms with E-state index in [4.69, 9.17) is 5.26 Å². The SMILES string of the molecule is CCCCN(C)C(=O)c1ccnc(C(=O)Nc2ccc(C#N)cc2)c1. The van der Waals surface area contributed by atoms with Gasteiger partial charge in [-0.15, -0.1) is 0 Å². The van der Waals surface area contributed by atoms with E-state index in [0.29, 0.717) is 23.4 Å². The summed E-state index contributed by atoms with van der Waals surface area (Å²) >= 11 is 0. The summed E-state index contributed by atoms with van der Waals surface area (Å²) in [4.78, 5) is 30.4. The molecule has 0 atom stereocenters. The summed E-state index contributed by atoms with van der Waals surface area (Å²) < 4.78 is 0. The van der Waals surface area contributed by atoms with Crippen LogP contribution in [0.1, 0.15) is 46.2 Å². The summed E-state index contributed by atoms with van der Waals surface area (Å²) in [5.74, 6) is -0.543. The number of rotatable bonds is 6. The molecule has 2 aromatic rings. The predicted molar refractivity (Wildman–Crippen MR) is 95.2 cm³/mol. The van der Waals surface area contributed by atoms with Crippen LogP contribution in [0.4, 0.5) is 5.69 Å². The molecule has 2 amide bonds. The van der Waals surface area contributed by atoms with Crippen LogP contribution in [-0.2, 0) is 0 Å². The first-order valence-electron chi connectivity index (χ1n) is 8.08. The van der Waals surface area contributed by atoms with Crippen molar-refractivity contribution in [1.82, 2.24) is 9.88 Å². The van der Waals surface area contributed by atoms with Crippen LogP contribution in [0.15, 0.2) is 42.6 Å². The Hall–Kier alpha value is -3.20. The molecule has 0 aliphatic carbocycles. The molecule has 0 aliphatic heterocycles. The van der Waals surface area contributed by atoms with E-state index in [1.54, 1.807) is 42.3 Å². The molecule has 6 heteroatoms. The number of hydrogen-bond acceptors (Lipinski definition) is 4. The molecule has 0 aliphatic rings. The zero-order valence-corrected chi connectivity index (χ0v) is 14.3. The number of unbranched alkanes of at least 4 members (excludes halogenated alkanes) is 1. The summed E-state index contributed by atoms with van der Waals surface area (Å²) in [5.41, 5.74) is 1.67. The third-order valence-corrected chi connectivity index (χ3v) is 3.71. The Bertz CT molecular complexity index is 794. The molecule has 6 nitrogen and oxygen atoms in total. The topological polar surface area (TPSA) is 86.1 Å². The largest absolute Gasteiger partial charge is 0.342 e. The highest BCUT2D eigenvalue weighted by atomic mass is 16.2. The molecule has 0 saturated carbocycles. The lowest BCUT2D eigenvalue weighted by atomic mass is 10.2. The van der Waals surface area contributed by atoms with Gasteiger partial charge in [0.05, 0.1) is 11.6 Å². The van der Waals surface area contributed by atoms with Gasteiger partial charge in [-0.05, 0) is 42.8 Å². The summed E-state index contributed by atoms with van der Waals surface area (Å²) in [6, 6.07) is 11.6. The molecule has 0 bridgehead atoms. The van der Waals surface area contributed by atoms with Crippen molar-refractivity contribution in [3.8, 4) is 6.07 Å². The normalized spacial score (nSPS) is 9.96. The fourth-order valence-electron chi connectivity index (χ4n) is 2.23. The Morgan fingerprint density at radius 2 is 1.96 bits per heavy atom. The summed E-state index contributed by atoms with van der Waals surface area (Å²) in [5, 5.41) is 11.5. The molecule has 0 spiro atoms. The number of pyridine rings is 1. The average Bonchev–Trinajstić information content (AvgIpc) is 2.66. The third kappa shape index (κ3) is 4.88. The van der Waals surface area contributed by atoms with Gasteiger partial charge in [-0.3, -0.25) is 14.6 Å². The summed E-state index contributed by atoms with van der Waals surface area (Å²) in [6.45, 7) is 2.74. The lowest BCUT2D eigenvalue weighted by Gasteiger charge is -2.16. The van der Waals surface area contributed by atoms with Gasteiger partial charge in [-0.1, -0.05) is 13.3 Å². The van der Waals surface area contributed by atoms with Gasteiger partial charge in [-0.2, -0.15) is 5.26 Å². The monoisotopic (exact) mass is 336 g/mol. The quantitative estimate of drug-likeness (QED) is 0.878. The molecule has 1 aromatic carbocycles. The zero-order chi connectivity index (χ0) is 18.2. The minimum atomic E-state index is -0.407. The number of carbonyl (C=O) groups is 2. The number of benzene rings is 1. The lowest BCUT2D eigenvalue weighted by Crippen LogP contribution is -2.28. The van der Waals surface area contributed by atoms with E-state index in [0.717, 1.165) is 12.8 Å². The van der Waals surface area contributed by atoms with Crippen LogP contribution < -0.4 is 5.32 Å². The van der Waals surface area contributed by atoms with Crippen LogP contribution in [0.25, 0.3) is 0 Å². The van der Waals surface area contributed by atoms with Gasteiger partial charge in [0.2, 0.25) is 0 Å². The molecule has 0 radical (unpaired) electrons. The van der Waals surface area contributed by atoms with Gasteiger partial charge in [0.25, 0.3) is 11.8 Å². The average molecular weight is 336 g/mol. The number of carbonyl (C=O) groups excluding carboxylic acids is 2. The summed E-state index contributed by atoms with van der Waals surface area (Å²) in [6.07, 6.45) is 3.39. The van der Waals surface area contributed by atoms with Crippen molar-refractivity contribution in [2.24, 2.45) is 0 Å². The van der Waals surface area contributed by atoms with Gasteiger partial charge in [0.1, 0.15) is 5.69 Å². The fourth-order valence-corrected chi connectivity index (χ4v) is 2.23. The molecule has 1 N–H and O–H groups in total. The van der Waals surface area contributed by atoms with Crippen molar-refractivity contribution < 1.29 is 9.59 Å². The third-order valence-electron chi connectivity index (χ3n) is 3.71. The molecule has 1 aromatic heterocycles. The Kier molecular flexibility index (Phi) is 6.24. The van der Waals surface area contributed by atoms with Crippen LogP contribution in [0.2, 0.25) is 0 Å². The molecular formula is C19H20N4O2. The number of nitrogens with one attached hydrogen (secondary N) is 1. The molecule has 0 fully saturated rings. The van der Waals surface area contributed by atoms with Gasteiger partial charge >= 0.3 is 0 Å². The maximum atomic E-state index is 12.4. The van der Waals surface area contributed by atoms with E-state index >= 15 is 0 Å². The van der Waals surface area contributed by atoms with Crippen molar-refractivity contribution in [1.29, 1.82) is 5.26 Å². The smallest absolute Gasteiger partial charge is 0.274 e. The van der Waals surface area contributed by atoms with E-state index < -0.39 is 5.91 Å². The van der Waals surface area contributed by atoms with E-state index in [2.05, 4.69) is 17.2 Å². The van der Waals surface area contributed by atoms with Gasteiger partial charge < -0.3 is 10.2 Å². The first kappa shape index (κ1) is 18.1. The van der Waals surface area contributed by atoms with Crippen LogP contribution >= 0.6 is 0 Å². The van der Waals surface area contributed by atoms with Crippen molar-refractivity contribution in [2.75, 3.05) is 18.9 Å². The molecule has 1 heterocycles. The zero-order valence-electron chi connectivity index (χ0n) is 14.3. The Morgan fingerprint density at radius 3 is 2.60 bits per heavy atom. The first-order valence-corrected chi connectivity index (χ1v) is 8.08. The number of anilines is 1. The summed E-state index contributed by atoms with van der Waals surface area (Å²) in [7, 11) is 1.74. The van der Waals surface area contributed by atoms with E-state index in [1.165, 1.54) is 12.3 Å². The lowest BCUT2D eigenvalue weighted by molar-refractivity contribution is 0.0793. The highest BCUT2D eigenvalue weighted by molar-refractivity contribution is 6.04. The molecular weight excluding hydrogens is 316 g/mol. The molecule has 25 heavy (non-hydrogen) atoms. The Morgan fingerprint density at radius 1 is 1.24 bits per heavy atom. The van der Waals surface area contributed by atoms with E-state index in [9.17, 15) is 9.59 Å². The predicted octanol–water partition coefficient (Wildman–Crippen LogP) is 3.08. The van der Waals surface area contributed by atoms with E-state index in [1.807, 2.05) is 6.07 Å². The van der Waals surface area contributed by atoms with E-state index in [-0.39, 0.29) is 11.6 Å². The van der Waals surface area contributed by atoms with Gasteiger partial charge in [0.15, 0.2) is 0 Å². The minimum Gasteiger partial charge on any atom is -0.342 e. The highest BCUT2D eigenvalue weighted by Crippen LogP contribution is 2.12. The fraction of sp³-hybridized carbons (Fsp3) is 0.263. The minimum absolute atomic E-state index is 0.136. The van der Waals surface area contributed by atoms with Crippen LogP contribution in [0, 0.1) is 11.3 Å². The van der Waals surface area contributed by atoms with Gasteiger partial charge in [0, 0.05) is 31.0 Å². The van der Waals surface area contributed by atoms with Crippen LogP contribution in [0.3, 0.4) is 0 Å². The number of hydrogen-bond donors (Lipinski definition) is 1. The maximum absolute atomic E-state index is 12.4. The molecule has 0 unspecified atom stereocenters. The molecule has 2 rings (SSSR count). The van der Waals surface area contributed by atoms with Crippen LogP contribution in [0.5, 0.6) is 0 Å². The highest BCUT2D eigenvalue weighted by Gasteiger charge is 2.15. The van der Waals surface area contributed by atoms with Crippen LogP contribution in [-0.4, -0.2) is 35.3 Å². The number of nitrogens with zero attached hydrogens (tertiary/aromatic N) is 3. The maximum Gasteiger partial charge on any atom is 0.274 e. The number of amides is 2. The van der Waals surface area contributed by atoms with Crippen molar-refractivity contribution in [3.05, 3.63) is 59.4 Å². The first-order chi connectivity index (χ1) is 12.0. The molecule has 0 saturated heterocycles. The standard InChI is InChI=1S/C19H20N4O2/c1-3-4-11-23(2)19(25)15-9-10-21-17(12-15)18(24)22-16-7-5-14(13-20)6-8-16/h5-10,12H,3-4,11H2,1-2H3,(H,22,24). The van der Waals surface area contributed by atoms with Gasteiger partial charge in [-0.25, -0.2) is 0 Å². The molecule has 128 valence electrons. The Labute approximate surface area is 147 Å². The second-order valence-electron chi connectivity index (χ2n) is 5.65. The number of nitriles is 1. The van der Waals surface area contributed by atoms with Crippen molar-refractivity contribution >= 4 is 17.5 Å². The number of aromatic nitrogens is 1. The second-order valence-corrected chi connectivity index (χ2v) is 5.65. The Balaban J connectivity index is 2.10. The van der Waals surface area contributed by atoms with Crippen molar-refractivity contribution in [3.63, 3.8) is 0 Å². The second kappa shape index (κ2) is 8.60. The van der Waals surface area contributed by atoms with Crippen molar-refractivity contribution in [2.45, 2.75) is 19.8 Å².